The Labute approximate surface area is 191 Å². The van der Waals surface area contributed by atoms with Crippen molar-refractivity contribution in [2.45, 2.75) is 53.0 Å². The van der Waals surface area contributed by atoms with Gasteiger partial charge in [0.1, 0.15) is 0 Å². The molecule has 2 aromatic carbocycles. The zero-order valence-corrected chi connectivity index (χ0v) is 19.4. The van der Waals surface area contributed by atoms with E-state index in [1.807, 2.05) is 18.2 Å². The van der Waals surface area contributed by atoms with Gasteiger partial charge in [0.05, 0.1) is 19.2 Å². The minimum atomic E-state index is -0.429. The van der Waals surface area contributed by atoms with E-state index in [1.54, 1.807) is 24.3 Å². The number of rotatable bonds is 5. The van der Waals surface area contributed by atoms with Crippen LogP contribution < -0.4 is 5.32 Å². The van der Waals surface area contributed by atoms with Crippen LogP contribution in [-0.4, -0.2) is 19.0 Å². The minimum absolute atomic E-state index is 0.0483. The molecule has 1 fully saturated rings. The van der Waals surface area contributed by atoms with Gasteiger partial charge in [-0.1, -0.05) is 39.0 Å². The number of benzene rings is 2. The second kappa shape index (κ2) is 9.99. The zero-order valence-electron chi connectivity index (χ0n) is 19.4. The molecule has 0 bridgehead atoms. The minimum Gasteiger partial charge on any atom is -0.465 e. The molecule has 0 atom stereocenters. The lowest BCUT2D eigenvalue weighted by molar-refractivity contribution is -0.126. The van der Waals surface area contributed by atoms with Crippen LogP contribution in [0.15, 0.2) is 42.5 Å². The molecule has 0 aliphatic heterocycles. The average molecular weight is 433 g/mol. The van der Waals surface area contributed by atoms with E-state index in [0.29, 0.717) is 23.7 Å². The molecule has 0 spiro atoms. The molecule has 1 saturated carbocycles. The SMILES string of the molecule is [C-]#[N+]c1cccc(-c2cc(CNC(=O)C3CCC(C(C)(C)C)CC3)cc(C(=O)OC)c2)c1. The summed E-state index contributed by atoms with van der Waals surface area (Å²) in [5.74, 6) is 0.364. The molecule has 0 saturated heterocycles. The van der Waals surface area contributed by atoms with Crippen LogP contribution in [0, 0.1) is 23.8 Å². The van der Waals surface area contributed by atoms with E-state index in [-0.39, 0.29) is 17.2 Å². The van der Waals surface area contributed by atoms with Crippen molar-refractivity contribution in [1.82, 2.24) is 5.32 Å². The maximum atomic E-state index is 12.8. The first-order chi connectivity index (χ1) is 15.2. The predicted octanol–water partition coefficient (Wildman–Crippen LogP) is 6.16. The molecule has 1 N–H and O–H groups in total. The van der Waals surface area contributed by atoms with E-state index in [1.165, 1.54) is 7.11 Å². The van der Waals surface area contributed by atoms with Crippen LogP contribution in [0.4, 0.5) is 5.69 Å². The summed E-state index contributed by atoms with van der Waals surface area (Å²) in [5.41, 5.74) is 3.73. The summed E-state index contributed by atoms with van der Waals surface area (Å²) in [6.07, 6.45) is 4.01. The highest BCUT2D eigenvalue weighted by Gasteiger charge is 2.32. The summed E-state index contributed by atoms with van der Waals surface area (Å²) in [5, 5.41) is 3.07. The van der Waals surface area contributed by atoms with Crippen molar-refractivity contribution in [2.75, 3.05) is 7.11 Å². The van der Waals surface area contributed by atoms with Crippen LogP contribution in [0.3, 0.4) is 0 Å². The number of hydrogen-bond donors (Lipinski definition) is 1. The van der Waals surface area contributed by atoms with Gasteiger partial charge in [0.2, 0.25) is 5.91 Å². The Morgan fingerprint density at radius 3 is 2.41 bits per heavy atom. The molecule has 2 aromatic rings. The zero-order chi connectivity index (χ0) is 23.3. The molecule has 168 valence electrons. The third-order valence-electron chi connectivity index (χ3n) is 6.51. The van der Waals surface area contributed by atoms with E-state index < -0.39 is 5.97 Å². The Hall–Kier alpha value is -3.13. The van der Waals surface area contributed by atoms with Crippen molar-refractivity contribution in [2.24, 2.45) is 17.3 Å². The average Bonchev–Trinajstić information content (AvgIpc) is 2.81. The molecule has 1 aliphatic carbocycles. The number of amides is 1. The lowest BCUT2D eigenvalue weighted by Crippen LogP contribution is -2.35. The van der Waals surface area contributed by atoms with E-state index in [2.05, 4.69) is 30.9 Å². The van der Waals surface area contributed by atoms with Gasteiger partial charge in [0, 0.05) is 12.5 Å². The van der Waals surface area contributed by atoms with Gasteiger partial charge in [0.15, 0.2) is 5.69 Å². The molecule has 5 heteroatoms. The number of hydrogen-bond acceptors (Lipinski definition) is 3. The monoisotopic (exact) mass is 432 g/mol. The van der Waals surface area contributed by atoms with Gasteiger partial charge in [-0.2, -0.15) is 0 Å². The Morgan fingerprint density at radius 1 is 1.06 bits per heavy atom. The van der Waals surface area contributed by atoms with E-state index in [0.717, 1.165) is 42.4 Å². The first-order valence-corrected chi connectivity index (χ1v) is 11.2. The number of esters is 1. The first-order valence-electron chi connectivity index (χ1n) is 11.2. The van der Waals surface area contributed by atoms with E-state index in [4.69, 9.17) is 11.3 Å². The Morgan fingerprint density at radius 2 is 1.78 bits per heavy atom. The predicted molar refractivity (Wildman–Crippen MR) is 126 cm³/mol. The van der Waals surface area contributed by atoms with Crippen molar-refractivity contribution in [3.05, 3.63) is 65.0 Å². The van der Waals surface area contributed by atoms with Crippen LogP contribution >= 0.6 is 0 Å². The van der Waals surface area contributed by atoms with E-state index >= 15 is 0 Å². The Balaban J connectivity index is 1.74. The van der Waals surface area contributed by atoms with Crippen molar-refractivity contribution < 1.29 is 14.3 Å². The van der Waals surface area contributed by atoms with Gasteiger partial charge in [0.25, 0.3) is 0 Å². The molecule has 1 amide bonds. The molecule has 0 unspecified atom stereocenters. The number of carbonyl (C=O) groups is 2. The number of nitrogens with one attached hydrogen (secondary N) is 1. The van der Waals surface area contributed by atoms with Crippen molar-refractivity contribution in [3.8, 4) is 11.1 Å². The highest BCUT2D eigenvalue weighted by molar-refractivity contribution is 5.91. The van der Waals surface area contributed by atoms with Gasteiger partial charge in [-0.15, -0.1) is 0 Å². The topological polar surface area (TPSA) is 59.8 Å². The second-order valence-electron chi connectivity index (χ2n) is 9.70. The van der Waals surface area contributed by atoms with Gasteiger partial charge < -0.3 is 10.1 Å². The second-order valence-corrected chi connectivity index (χ2v) is 9.70. The molecular formula is C27H32N2O3. The fourth-order valence-electron chi connectivity index (χ4n) is 4.51. The first kappa shape index (κ1) is 23.5. The lowest BCUT2D eigenvalue weighted by atomic mass is 9.69. The normalized spacial score (nSPS) is 18.5. The third kappa shape index (κ3) is 5.76. The number of methoxy groups -OCH3 is 1. The maximum absolute atomic E-state index is 12.8. The quantitative estimate of drug-likeness (QED) is 0.455. The number of carbonyl (C=O) groups excluding carboxylic acids is 2. The summed E-state index contributed by atoms with van der Waals surface area (Å²) in [6, 6.07) is 12.7. The maximum Gasteiger partial charge on any atom is 0.337 e. The fourth-order valence-corrected chi connectivity index (χ4v) is 4.51. The number of nitrogens with zero attached hydrogens (tertiary/aromatic N) is 1. The van der Waals surface area contributed by atoms with Crippen molar-refractivity contribution in [1.29, 1.82) is 0 Å². The Kier molecular flexibility index (Phi) is 7.35. The molecule has 5 nitrogen and oxygen atoms in total. The summed E-state index contributed by atoms with van der Waals surface area (Å²) in [6.45, 7) is 14.4. The van der Waals surface area contributed by atoms with Crippen molar-refractivity contribution in [3.63, 3.8) is 0 Å². The summed E-state index contributed by atoms with van der Waals surface area (Å²) >= 11 is 0. The highest BCUT2D eigenvalue weighted by atomic mass is 16.5. The van der Waals surface area contributed by atoms with Crippen LogP contribution in [-0.2, 0) is 16.1 Å². The van der Waals surface area contributed by atoms with Crippen molar-refractivity contribution >= 4 is 17.6 Å². The van der Waals surface area contributed by atoms with Crippen LogP contribution in [0.1, 0.15) is 62.4 Å². The molecule has 0 radical (unpaired) electrons. The van der Waals surface area contributed by atoms with Gasteiger partial charge in [-0.05, 0) is 78.0 Å². The van der Waals surface area contributed by atoms with Crippen LogP contribution in [0.25, 0.3) is 16.0 Å². The number of ether oxygens (including phenoxy) is 1. The summed E-state index contributed by atoms with van der Waals surface area (Å²) in [4.78, 5) is 28.5. The largest absolute Gasteiger partial charge is 0.465 e. The standard InChI is InChI=1S/C27H32N2O3/c1-27(2,3)23-11-9-19(10-12-23)25(30)29-17-18-13-21(15-22(14-18)26(31)32-5)20-7-6-8-24(16-20)28-4/h6-8,13-16,19,23H,9-12,17H2,1-3,5H3,(H,29,30). The third-order valence-corrected chi connectivity index (χ3v) is 6.51. The molecule has 3 rings (SSSR count). The molecule has 0 aromatic heterocycles. The van der Waals surface area contributed by atoms with Gasteiger partial charge in [-0.3, -0.25) is 4.79 Å². The summed E-state index contributed by atoms with van der Waals surface area (Å²) < 4.78 is 4.91. The fraction of sp³-hybridized carbons (Fsp3) is 0.444. The molecule has 0 heterocycles. The highest BCUT2D eigenvalue weighted by Crippen LogP contribution is 2.39. The van der Waals surface area contributed by atoms with Crippen LogP contribution in [0.5, 0.6) is 0 Å². The van der Waals surface area contributed by atoms with Gasteiger partial charge >= 0.3 is 5.97 Å². The molecular weight excluding hydrogens is 400 g/mol. The van der Waals surface area contributed by atoms with Gasteiger partial charge in [-0.25, -0.2) is 9.64 Å². The van der Waals surface area contributed by atoms with Crippen LogP contribution in [0.2, 0.25) is 0 Å². The van der Waals surface area contributed by atoms with E-state index in [9.17, 15) is 9.59 Å². The Bertz CT molecular complexity index is 1020. The smallest absolute Gasteiger partial charge is 0.337 e. The summed E-state index contributed by atoms with van der Waals surface area (Å²) in [7, 11) is 1.35. The molecule has 32 heavy (non-hydrogen) atoms. The molecule has 1 aliphatic rings. The lowest BCUT2D eigenvalue weighted by Gasteiger charge is -2.36.